The molecule has 310 valence electrons. The molecule has 15 nitrogen and oxygen atoms in total. The summed E-state index contributed by atoms with van der Waals surface area (Å²) in [5.74, 6) is -3.48. The van der Waals surface area contributed by atoms with Crippen LogP contribution in [0.15, 0.2) is 30.5 Å². The van der Waals surface area contributed by atoms with E-state index in [9.17, 15) is 36.0 Å². The van der Waals surface area contributed by atoms with Crippen LogP contribution in [-0.4, -0.2) is 99.3 Å². The molecule has 0 unspecified atom stereocenters. The number of Topliss-reactive ketones (excluding diaryl/α,β-unsaturated/α-hetero) is 1. The molecule has 2 heterocycles. The average Bonchev–Trinajstić information content (AvgIpc) is 3.92. The van der Waals surface area contributed by atoms with Gasteiger partial charge in [0.15, 0.2) is 5.78 Å². The van der Waals surface area contributed by atoms with Gasteiger partial charge in [0.25, 0.3) is 0 Å². The van der Waals surface area contributed by atoms with Crippen LogP contribution in [0.4, 0.5) is 0 Å². The number of pyridine rings is 1. The lowest BCUT2D eigenvalue weighted by Crippen LogP contribution is -2.49. The summed E-state index contributed by atoms with van der Waals surface area (Å²) in [4.78, 5) is 62.0. The zero-order valence-electron chi connectivity index (χ0n) is 33.7. The van der Waals surface area contributed by atoms with Gasteiger partial charge in [-0.05, 0) is 94.4 Å². The lowest BCUT2D eigenvalue weighted by Gasteiger charge is -2.35. The number of methoxy groups -OCH3 is 1. The second-order valence-electron chi connectivity index (χ2n) is 17.9. The number of esters is 1. The largest absolute Gasteiger partial charge is 0.497 e. The van der Waals surface area contributed by atoms with Gasteiger partial charge in [-0.2, -0.15) is 8.42 Å². The second-order valence-corrected chi connectivity index (χ2v) is 21.5. The van der Waals surface area contributed by atoms with Gasteiger partial charge in [0.1, 0.15) is 27.3 Å². The van der Waals surface area contributed by atoms with E-state index >= 15 is 0 Å². The fourth-order valence-corrected chi connectivity index (χ4v) is 9.21. The van der Waals surface area contributed by atoms with Crippen LogP contribution >= 0.6 is 0 Å². The molecule has 2 aliphatic carbocycles. The van der Waals surface area contributed by atoms with Gasteiger partial charge in [-0.15, -0.1) is 0 Å². The highest BCUT2D eigenvalue weighted by Gasteiger charge is 2.62. The first kappa shape index (κ1) is 43.3. The summed E-state index contributed by atoms with van der Waals surface area (Å²) < 4.78 is 74.6. The number of ether oxygens (including phenoxy) is 3. The maximum Gasteiger partial charge on any atom is 0.362 e. The Kier molecular flexibility index (Phi) is 12.0. The molecule has 2 aromatic rings. The molecule has 1 aliphatic heterocycles. The van der Waals surface area contributed by atoms with Crippen LogP contribution in [0.3, 0.4) is 0 Å². The fourth-order valence-electron chi connectivity index (χ4n) is 7.33. The molecule has 1 saturated heterocycles. The van der Waals surface area contributed by atoms with Crippen LogP contribution in [0.1, 0.15) is 93.4 Å². The van der Waals surface area contributed by atoms with E-state index in [1.165, 1.54) is 4.90 Å². The molecular weight excluding hydrogens is 767 g/mol. The molecule has 56 heavy (non-hydrogen) atoms. The Morgan fingerprint density at radius 1 is 1.04 bits per heavy atom. The first-order valence-electron chi connectivity index (χ1n) is 18.8. The van der Waals surface area contributed by atoms with E-state index in [1.54, 1.807) is 59.2 Å². The molecule has 5 atom stereocenters. The lowest BCUT2D eigenvalue weighted by atomic mass is 9.77. The predicted octanol–water partition coefficient (Wildman–Crippen LogP) is 4.32. The van der Waals surface area contributed by atoms with Crippen molar-refractivity contribution in [1.82, 2.24) is 14.6 Å². The van der Waals surface area contributed by atoms with Crippen molar-refractivity contribution in [2.24, 2.45) is 22.7 Å². The normalized spacial score (nSPS) is 23.9. The summed E-state index contributed by atoms with van der Waals surface area (Å²) >= 11 is 0. The number of ketones is 1. The van der Waals surface area contributed by atoms with Crippen molar-refractivity contribution in [2.75, 3.05) is 25.7 Å². The maximum atomic E-state index is 14.6. The van der Waals surface area contributed by atoms with Crippen LogP contribution in [-0.2, 0) is 48.2 Å². The third kappa shape index (κ3) is 10.8. The topological polar surface area (TPSA) is 202 Å². The van der Waals surface area contributed by atoms with Crippen LogP contribution in [0.25, 0.3) is 10.8 Å². The van der Waals surface area contributed by atoms with Crippen molar-refractivity contribution < 1.29 is 54.4 Å². The van der Waals surface area contributed by atoms with Crippen molar-refractivity contribution >= 4 is 54.5 Å². The number of benzene rings is 1. The number of hydrogen-bond acceptors (Lipinski definition) is 13. The molecule has 17 heteroatoms. The Hall–Kier alpha value is -3.83. The lowest BCUT2D eigenvalue weighted by molar-refractivity contribution is -0.161. The van der Waals surface area contributed by atoms with Crippen molar-refractivity contribution in [3.05, 3.63) is 30.5 Å². The number of sulfone groups is 1. The van der Waals surface area contributed by atoms with Crippen molar-refractivity contribution in [1.29, 1.82) is 0 Å². The average molecular weight is 822 g/mol. The number of aromatic nitrogens is 1. The highest BCUT2D eigenvalue weighted by Crippen LogP contribution is 2.58. The standard InChI is InChI=1S/C39H55N3O12S2/c1-36(2,3)29(20-32(44)53-37(4,5)6)34(45)42-23-27(52-33-28-11-10-26(51-8)18-24(28)12-16-40-33)19-30(42)31(43)22-39(21-25(39)13-17-55(9,47)48)35(46)41-56(49,50)54-38(7)14-15-38/h10-12,16,18,25,27,29-30H,13-15,17,19-23H2,1-9H3,(H,41,46)/t25-,27-,29-,30+,39-/m1/s1. The summed E-state index contributed by atoms with van der Waals surface area (Å²) in [7, 11) is -6.45. The quantitative estimate of drug-likeness (QED) is 0.235. The van der Waals surface area contributed by atoms with E-state index in [4.69, 9.17) is 18.4 Å². The maximum absolute atomic E-state index is 14.6. The Bertz CT molecular complexity index is 2090. The van der Waals surface area contributed by atoms with Gasteiger partial charge in [0.2, 0.25) is 17.7 Å². The van der Waals surface area contributed by atoms with E-state index in [-0.39, 0.29) is 43.9 Å². The zero-order chi connectivity index (χ0) is 41.6. The Labute approximate surface area is 329 Å². The second kappa shape index (κ2) is 15.5. The Balaban J connectivity index is 1.46. The molecule has 3 aliphatic rings. The number of hydrogen-bond donors (Lipinski definition) is 1. The molecule has 0 radical (unpaired) electrons. The minimum absolute atomic E-state index is 0.00751. The molecule has 5 rings (SSSR count). The van der Waals surface area contributed by atoms with E-state index < -0.39 is 96.1 Å². The molecule has 0 spiro atoms. The number of carbonyl (C=O) groups excluding carboxylic acids is 4. The molecule has 1 N–H and O–H groups in total. The summed E-state index contributed by atoms with van der Waals surface area (Å²) in [5, 5.41) is 1.46. The number of likely N-dealkylation sites (tertiary alicyclic amines) is 1. The molecule has 3 fully saturated rings. The van der Waals surface area contributed by atoms with Crippen LogP contribution in [0, 0.1) is 22.7 Å². The minimum Gasteiger partial charge on any atom is -0.497 e. The summed E-state index contributed by atoms with van der Waals surface area (Å²) in [6, 6.07) is 6.03. The van der Waals surface area contributed by atoms with Crippen molar-refractivity contribution in [3.8, 4) is 11.6 Å². The van der Waals surface area contributed by atoms with Gasteiger partial charge in [0, 0.05) is 30.7 Å². The smallest absolute Gasteiger partial charge is 0.362 e. The summed E-state index contributed by atoms with van der Waals surface area (Å²) in [6.07, 6.45) is 2.22. The minimum atomic E-state index is -4.56. The Morgan fingerprint density at radius 2 is 1.71 bits per heavy atom. The van der Waals surface area contributed by atoms with Gasteiger partial charge in [-0.1, -0.05) is 20.8 Å². The summed E-state index contributed by atoms with van der Waals surface area (Å²) in [6.45, 7) is 12.2. The third-order valence-electron chi connectivity index (χ3n) is 10.8. The highest BCUT2D eigenvalue weighted by atomic mass is 32.2. The van der Waals surface area contributed by atoms with E-state index in [2.05, 4.69) is 4.98 Å². The fraction of sp³-hybridized carbons (Fsp3) is 0.667. The van der Waals surface area contributed by atoms with E-state index in [0.717, 1.165) is 11.6 Å². The van der Waals surface area contributed by atoms with E-state index in [0.29, 0.717) is 24.0 Å². The van der Waals surface area contributed by atoms with Gasteiger partial charge in [-0.25, -0.2) is 22.3 Å². The van der Waals surface area contributed by atoms with Crippen LogP contribution < -0.4 is 14.2 Å². The van der Waals surface area contributed by atoms with Gasteiger partial charge in [0.05, 0.1) is 48.8 Å². The number of rotatable bonds is 16. The van der Waals surface area contributed by atoms with Crippen LogP contribution in [0.5, 0.6) is 11.6 Å². The van der Waals surface area contributed by atoms with Crippen LogP contribution in [0.2, 0.25) is 0 Å². The first-order chi connectivity index (χ1) is 25.7. The molecule has 1 aromatic carbocycles. The first-order valence-corrected chi connectivity index (χ1v) is 22.3. The van der Waals surface area contributed by atoms with Crippen molar-refractivity contribution in [2.45, 2.75) is 117 Å². The Morgan fingerprint density at radius 3 is 2.30 bits per heavy atom. The molecule has 2 amide bonds. The third-order valence-corrected chi connectivity index (χ3v) is 12.8. The number of carbonyl (C=O) groups is 4. The number of amides is 2. The van der Waals surface area contributed by atoms with Crippen molar-refractivity contribution in [3.63, 3.8) is 0 Å². The molecule has 1 aromatic heterocycles. The van der Waals surface area contributed by atoms with Gasteiger partial charge in [-0.3, -0.25) is 19.2 Å². The molecule has 2 saturated carbocycles. The van der Waals surface area contributed by atoms with Gasteiger partial charge >= 0.3 is 16.3 Å². The van der Waals surface area contributed by atoms with E-state index in [1.807, 2.05) is 31.6 Å². The SMILES string of the molecule is COc1ccc2c(O[C@@H]3C[C@@H](C(=O)C[C@]4(C(=O)NS(=O)(=O)OC5(C)CC5)C[C@H]4CCS(C)(=O)=O)N(C(=O)[C@@H](CC(=O)OC(C)(C)C)C(C)(C)C)C3)nccc2c1. The molecule has 0 bridgehead atoms. The van der Waals surface area contributed by atoms with Gasteiger partial charge < -0.3 is 19.1 Å². The number of fused-ring (bicyclic) bond motifs is 1. The zero-order valence-corrected chi connectivity index (χ0v) is 35.3. The summed E-state index contributed by atoms with van der Waals surface area (Å²) in [5.41, 5.74) is -4.04. The molecular formula is C39H55N3O12S2. The monoisotopic (exact) mass is 821 g/mol. The highest BCUT2D eigenvalue weighted by molar-refractivity contribution is 7.90. The predicted molar refractivity (Wildman–Crippen MR) is 207 cm³/mol. The number of nitrogens with one attached hydrogen (secondary N) is 1. The number of nitrogens with zero attached hydrogens (tertiary/aromatic N) is 2.